The number of hydrogen-bond donors (Lipinski definition) is 0. The summed E-state index contributed by atoms with van der Waals surface area (Å²) >= 11 is 0. The summed E-state index contributed by atoms with van der Waals surface area (Å²) in [4.78, 5) is 0. The Balaban J connectivity index is 4.08. The third-order valence-corrected chi connectivity index (χ3v) is 9.31. The number of nitrogens with zero attached hydrogens (tertiary/aromatic N) is 1. The maximum Gasteiger partial charge on any atom is 0.384 e. The Labute approximate surface area is 218 Å². The second-order valence-electron chi connectivity index (χ2n) is 11.0. The molecule has 0 aliphatic heterocycles. The predicted molar refractivity (Wildman–Crippen MR) is 154 cm³/mol. The van der Waals surface area contributed by atoms with Crippen molar-refractivity contribution in [2.75, 3.05) is 40.9 Å². The molecule has 0 spiro atoms. The van der Waals surface area contributed by atoms with Crippen LogP contribution in [0.4, 0.5) is 0 Å². The molecule has 0 N–H and O–H groups in total. The van der Waals surface area contributed by atoms with E-state index in [1.54, 1.807) is 14.2 Å². The normalized spacial score (nSPS) is 12.2. The van der Waals surface area contributed by atoms with E-state index in [4.69, 9.17) is 8.85 Å². The largest absolute Gasteiger partial charge is 0.397 e. The van der Waals surface area contributed by atoms with Gasteiger partial charge in [0.05, 0.1) is 26.7 Å². The van der Waals surface area contributed by atoms with Gasteiger partial charge in [-0.3, -0.25) is 0 Å². The monoisotopic (exact) mass is 499 g/mol. The average Bonchev–Trinajstić information content (AvgIpc) is 2.84. The van der Waals surface area contributed by atoms with Crippen molar-refractivity contribution in [2.45, 2.75) is 155 Å². The Morgan fingerprint density at radius 2 is 0.735 bits per heavy atom. The Kier molecular flexibility index (Phi) is 26.2. The van der Waals surface area contributed by atoms with Gasteiger partial charge in [0, 0.05) is 14.2 Å². The van der Waals surface area contributed by atoms with Crippen LogP contribution in [0.15, 0.2) is 0 Å². The molecule has 205 valence electrons. The van der Waals surface area contributed by atoms with Crippen LogP contribution < -0.4 is 0 Å². The van der Waals surface area contributed by atoms with Crippen molar-refractivity contribution in [1.82, 2.24) is 0 Å². The van der Waals surface area contributed by atoms with E-state index in [2.05, 4.69) is 20.9 Å². The lowest BCUT2D eigenvalue weighted by atomic mass is 10.1. The fourth-order valence-electron chi connectivity index (χ4n) is 5.19. The highest BCUT2D eigenvalue weighted by molar-refractivity contribution is 6.44. The first kappa shape index (κ1) is 34.1. The molecular formula is C30H65NO2Si+. The van der Waals surface area contributed by atoms with E-state index in [0.29, 0.717) is 0 Å². The summed E-state index contributed by atoms with van der Waals surface area (Å²) in [5.74, 6) is 0. The maximum absolute atomic E-state index is 5.52. The van der Waals surface area contributed by atoms with E-state index in [1.165, 1.54) is 159 Å². The first-order valence-corrected chi connectivity index (χ1v) is 16.9. The van der Waals surface area contributed by atoms with Gasteiger partial charge in [-0.05, 0) is 38.1 Å². The molecule has 0 heterocycles. The van der Waals surface area contributed by atoms with Crippen LogP contribution in [0, 0.1) is 0 Å². The third-order valence-electron chi connectivity index (χ3n) is 7.64. The topological polar surface area (TPSA) is 18.5 Å². The summed E-state index contributed by atoms with van der Waals surface area (Å²) in [6.07, 6.45) is 29.8. The van der Waals surface area contributed by atoms with Crippen molar-refractivity contribution in [3.05, 3.63) is 0 Å². The van der Waals surface area contributed by atoms with Gasteiger partial charge in [-0.25, -0.2) is 0 Å². The summed E-state index contributed by atoms with van der Waals surface area (Å²) in [6.45, 7) is 8.61. The first-order valence-electron chi connectivity index (χ1n) is 15.4. The van der Waals surface area contributed by atoms with Gasteiger partial charge in [0.1, 0.15) is 0 Å². The summed E-state index contributed by atoms with van der Waals surface area (Å²) < 4.78 is 12.3. The van der Waals surface area contributed by atoms with Gasteiger partial charge in [-0.1, -0.05) is 117 Å². The van der Waals surface area contributed by atoms with Crippen LogP contribution in [0.5, 0.6) is 0 Å². The number of hydrogen-bond acceptors (Lipinski definition) is 2. The van der Waals surface area contributed by atoms with E-state index in [1.807, 2.05) is 0 Å². The minimum Gasteiger partial charge on any atom is -0.397 e. The van der Waals surface area contributed by atoms with Crippen molar-refractivity contribution in [3.63, 3.8) is 0 Å². The molecule has 0 aliphatic rings. The fourth-order valence-corrected chi connectivity index (χ4v) is 6.21. The summed E-state index contributed by atoms with van der Waals surface area (Å²) in [5.41, 5.74) is 0. The van der Waals surface area contributed by atoms with Crippen LogP contribution in [-0.2, 0) is 8.85 Å². The second-order valence-corrected chi connectivity index (χ2v) is 13.1. The molecule has 0 aromatic carbocycles. The first-order chi connectivity index (χ1) is 16.6. The minimum absolute atomic E-state index is 1.04. The molecule has 0 saturated carbocycles. The van der Waals surface area contributed by atoms with Crippen LogP contribution in [0.2, 0.25) is 6.04 Å². The summed E-state index contributed by atoms with van der Waals surface area (Å²) in [6, 6.07) is 1.11. The van der Waals surface area contributed by atoms with Crippen molar-refractivity contribution in [2.24, 2.45) is 0 Å². The predicted octanol–water partition coefficient (Wildman–Crippen LogP) is 9.45. The highest BCUT2D eigenvalue weighted by Crippen LogP contribution is 2.17. The van der Waals surface area contributed by atoms with Crippen molar-refractivity contribution >= 4 is 9.28 Å². The Hall–Kier alpha value is 0.0969. The standard InChI is InChI=1S/C30H65NO2Si/c1-6-8-10-12-14-16-18-20-22-24-27-31(3,29-26-30-34(32-4)33-5)28-25-23-21-19-17-15-13-11-9-7-2/h6-30H2,1-5H3/q+1. The van der Waals surface area contributed by atoms with Crippen LogP contribution in [0.25, 0.3) is 0 Å². The van der Waals surface area contributed by atoms with Crippen LogP contribution in [-0.4, -0.2) is 54.7 Å². The zero-order valence-corrected chi connectivity index (χ0v) is 25.4. The molecule has 0 bridgehead atoms. The number of quaternary nitrogens is 1. The Morgan fingerprint density at radius 3 is 1.06 bits per heavy atom. The zero-order chi connectivity index (χ0) is 25.2. The molecule has 1 radical (unpaired) electrons. The summed E-state index contributed by atoms with van der Waals surface area (Å²) in [7, 11) is 5.09. The maximum atomic E-state index is 5.52. The van der Waals surface area contributed by atoms with Gasteiger partial charge in [0.2, 0.25) is 0 Å². The average molecular weight is 500 g/mol. The lowest BCUT2D eigenvalue weighted by molar-refractivity contribution is -0.910. The highest BCUT2D eigenvalue weighted by Gasteiger charge is 2.22. The second kappa shape index (κ2) is 26.2. The lowest BCUT2D eigenvalue weighted by Crippen LogP contribution is -2.46. The smallest absolute Gasteiger partial charge is 0.384 e. The van der Waals surface area contributed by atoms with E-state index in [0.717, 1.165) is 6.04 Å². The van der Waals surface area contributed by atoms with E-state index in [9.17, 15) is 0 Å². The minimum atomic E-state index is -1.04. The molecule has 0 aromatic heterocycles. The SMILES string of the molecule is CCCCCCCCCCCC[N+](C)(CCCCCCCCCCCC)CCC[Si](OC)OC. The molecular weight excluding hydrogens is 434 g/mol. The molecule has 0 fully saturated rings. The van der Waals surface area contributed by atoms with E-state index in [-0.39, 0.29) is 0 Å². The Bertz CT molecular complexity index is 366. The van der Waals surface area contributed by atoms with E-state index < -0.39 is 9.28 Å². The van der Waals surface area contributed by atoms with Gasteiger partial charge in [0.15, 0.2) is 0 Å². The van der Waals surface area contributed by atoms with Gasteiger partial charge >= 0.3 is 9.28 Å². The van der Waals surface area contributed by atoms with Crippen LogP contribution in [0.3, 0.4) is 0 Å². The zero-order valence-electron chi connectivity index (χ0n) is 24.4. The van der Waals surface area contributed by atoms with Crippen LogP contribution >= 0.6 is 0 Å². The molecule has 34 heavy (non-hydrogen) atoms. The highest BCUT2D eigenvalue weighted by atomic mass is 28.3. The molecule has 3 nitrogen and oxygen atoms in total. The fraction of sp³-hybridized carbons (Fsp3) is 1.00. The lowest BCUT2D eigenvalue weighted by Gasteiger charge is -2.35. The van der Waals surface area contributed by atoms with Gasteiger partial charge in [0.25, 0.3) is 0 Å². The van der Waals surface area contributed by atoms with E-state index >= 15 is 0 Å². The molecule has 0 rings (SSSR count). The molecule has 0 amide bonds. The van der Waals surface area contributed by atoms with Gasteiger partial charge < -0.3 is 13.3 Å². The van der Waals surface area contributed by atoms with Gasteiger partial charge in [-0.2, -0.15) is 0 Å². The third kappa shape index (κ3) is 22.6. The molecule has 0 aliphatic carbocycles. The molecule has 0 unspecified atom stereocenters. The van der Waals surface area contributed by atoms with Gasteiger partial charge in [-0.15, -0.1) is 0 Å². The van der Waals surface area contributed by atoms with Crippen molar-refractivity contribution in [3.8, 4) is 0 Å². The van der Waals surface area contributed by atoms with Crippen molar-refractivity contribution < 1.29 is 13.3 Å². The molecule has 0 atom stereocenters. The summed E-state index contributed by atoms with van der Waals surface area (Å²) in [5, 5.41) is 0. The quantitative estimate of drug-likeness (QED) is 0.0606. The molecule has 0 aromatic rings. The van der Waals surface area contributed by atoms with Crippen LogP contribution in [0.1, 0.15) is 149 Å². The number of rotatable bonds is 28. The van der Waals surface area contributed by atoms with Crippen molar-refractivity contribution in [1.29, 1.82) is 0 Å². The molecule has 0 saturated heterocycles. The number of unbranched alkanes of at least 4 members (excludes halogenated alkanes) is 18. The Morgan fingerprint density at radius 1 is 0.441 bits per heavy atom. The molecule has 4 heteroatoms.